The Labute approximate surface area is 111 Å². The minimum Gasteiger partial charge on any atom is -0.351 e. The van der Waals surface area contributed by atoms with Crippen LogP contribution in [0.25, 0.3) is 0 Å². The number of hydrogen-bond acceptors (Lipinski definition) is 3. The number of unbranched alkanes of at least 4 members (excludes halogenated alkanes) is 3. The number of halogens is 1. The number of hydrogen-bond donors (Lipinski definition) is 2. The van der Waals surface area contributed by atoms with Gasteiger partial charge in [0, 0.05) is 11.3 Å². The standard InChI is InChI=1S/C12H19ClN2OS/c13-11-7-6-10(17-11)9-15-12(16)5-3-1-2-4-8-14/h6-7H,1-5,8-9,14H2,(H,15,16). The Bertz CT molecular complexity index is 341. The molecule has 0 aliphatic rings. The Hall–Kier alpha value is -0.580. The van der Waals surface area contributed by atoms with Crippen molar-refractivity contribution < 1.29 is 4.79 Å². The van der Waals surface area contributed by atoms with Crippen molar-refractivity contribution in [1.82, 2.24) is 5.32 Å². The van der Waals surface area contributed by atoms with Gasteiger partial charge in [-0.1, -0.05) is 24.4 Å². The number of nitrogens with one attached hydrogen (secondary N) is 1. The van der Waals surface area contributed by atoms with Crippen LogP contribution in [0.2, 0.25) is 4.34 Å². The van der Waals surface area contributed by atoms with Gasteiger partial charge < -0.3 is 11.1 Å². The smallest absolute Gasteiger partial charge is 0.220 e. The quantitative estimate of drug-likeness (QED) is 0.716. The van der Waals surface area contributed by atoms with Gasteiger partial charge in [0.2, 0.25) is 5.91 Å². The van der Waals surface area contributed by atoms with Crippen LogP contribution >= 0.6 is 22.9 Å². The molecule has 1 amide bonds. The van der Waals surface area contributed by atoms with Gasteiger partial charge in [-0.15, -0.1) is 11.3 Å². The lowest BCUT2D eigenvalue weighted by atomic mass is 10.1. The number of carbonyl (C=O) groups excluding carboxylic acids is 1. The molecule has 1 rings (SSSR count). The van der Waals surface area contributed by atoms with Crippen LogP contribution < -0.4 is 11.1 Å². The van der Waals surface area contributed by atoms with Crippen molar-refractivity contribution >= 4 is 28.8 Å². The van der Waals surface area contributed by atoms with Crippen molar-refractivity contribution in [3.05, 3.63) is 21.3 Å². The highest BCUT2D eigenvalue weighted by Gasteiger charge is 2.02. The molecule has 0 aliphatic carbocycles. The lowest BCUT2D eigenvalue weighted by Gasteiger charge is -2.03. The maximum absolute atomic E-state index is 11.5. The fourth-order valence-corrected chi connectivity index (χ4v) is 2.53. The highest BCUT2D eigenvalue weighted by atomic mass is 35.5. The first-order valence-electron chi connectivity index (χ1n) is 5.93. The zero-order valence-corrected chi connectivity index (χ0v) is 11.4. The Morgan fingerprint density at radius 2 is 2.06 bits per heavy atom. The van der Waals surface area contributed by atoms with Crippen molar-refractivity contribution in [2.45, 2.75) is 38.6 Å². The maximum atomic E-state index is 11.5. The monoisotopic (exact) mass is 274 g/mol. The second kappa shape index (κ2) is 8.50. The number of amides is 1. The molecule has 0 spiro atoms. The molecule has 0 saturated heterocycles. The fourth-order valence-electron chi connectivity index (χ4n) is 1.50. The van der Waals surface area contributed by atoms with Crippen LogP contribution in [0.4, 0.5) is 0 Å². The average Bonchev–Trinajstić information content (AvgIpc) is 2.72. The molecule has 0 aromatic carbocycles. The van der Waals surface area contributed by atoms with Crippen LogP contribution in [-0.4, -0.2) is 12.5 Å². The van der Waals surface area contributed by atoms with Crippen LogP contribution in [0.15, 0.2) is 12.1 Å². The van der Waals surface area contributed by atoms with Crippen molar-refractivity contribution in [2.24, 2.45) is 5.73 Å². The second-order valence-electron chi connectivity index (χ2n) is 3.94. The molecule has 3 nitrogen and oxygen atoms in total. The van der Waals surface area contributed by atoms with Crippen LogP contribution in [0, 0.1) is 0 Å². The highest BCUT2D eigenvalue weighted by Crippen LogP contribution is 2.20. The third kappa shape index (κ3) is 6.66. The van der Waals surface area contributed by atoms with E-state index >= 15 is 0 Å². The normalized spacial score (nSPS) is 10.5. The minimum atomic E-state index is 0.113. The summed E-state index contributed by atoms with van der Waals surface area (Å²) in [5.41, 5.74) is 5.40. The Balaban J connectivity index is 2.05. The van der Waals surface area contributed by atoms with Gasteiger partial charge in [-0.25, -0.2) is 0 Å². The number of carbonyl (C=O) groups is 1. The minimum absolute atomic E-state index is 0.113. The molecule has 3 N–H and O–H groups in total. The molecule has 0 atom stereocenters. The van der Waals surface area contributed by atoms with E-state index in [0.29, 0.717) is 13.0 Å². The van der Waals surface area contributed by atoms with Gasteiger partial charge in [-0.05, 0) is 31.5 Å². The Morgan fingerprint density at radius 1 is 1.29 bits per heavy atom. The molecule has 0 radical (unpaired) electrons. The zero-order valence-electron chi connectivity index (χ0n) is 9.88. The van der Waals surface area contributed by atoms with Gasteiger partial charge in [-0.2, -0.15) is 0 Å². The van der Waals surface area contributed by atoms with E-state index in [2.05, 4.69) is 5.32 Å². The number of rotatable bonds is 8. The third-order valence-electron chi connectivity index (χ3n) is 2.45. The van der Waals surface area contributed by atoms with E-state index in [9.17, 15) is 4.79 Å². The van der Waals surface area contributed by atoms with Gasteiger partial charge in [0.05, 0.1) is 10.9 Å². The van der Waals surface area contributed by atoms with Crippen LogP contribution in [0.3, 0.4) is 0 Å². The summed E-state index contributed by atoms with van der Waals surface area (Å²) in [6.45, 7) is 1.32. The molecular formula is C12H19ClN2OS. The van der Waals surface area contributed by atoms with Gasteiger partial charge in [0.1, 0.15) is 0 Å². The highest BCUT2D eigenvalue weighted by molar-refractivity contribution is 7.16. The molecule has 1 heterocycles. The largest absolute Gasteiger partial charge is 0.351 e. The maximum Gasteiger partial charge on any atom is 0.220 e. The van der Waals surface area contributed by atoms with Crippen LogP contribution in [0.5, 0.6) is 0 Å². The van der Waals surface area contributed by atoms with E-state index in [1.165, 1.54) is 11.3 Å². The van der Waals surface area contributed by atoms with Crippen molar-refractivity contribution in [1.29, 1.82) is 0 Å². The predicted octanol–water partition coefficient (Wildman–Crippen LogP) is 2.93. The average molecular weight is 275 g/mol. The summed E-state index contributed by atoms with van der Waals surface area (Å²) in [6.07, 6.45) is 4.79. The van der Waals surface area contributed by atoms with Crippen molar-refractivity contribution in [3.8, 4) is 0 Å². The summed E-state index contributed by atoms with van der Waals surface area (Å²) in [7, 11) is 0. The lowest BCUT2D eigenvalue weighted by molar-refractivity contribution is -0.121. The van der Waals surface area contributed by atoms with E-state index in [1.54, 1.807) is 0 Å². The summed E-state index contributed by atoms with van der Waals surface area (Å²) >= 11 is 7.30. The van der Waals surface area contributed by atoms with E-state index in [0.717, 1.165) is 41.4 Å². The molecule has 0 fully saturated rings. The van der Waals surface area contributed by atoms with Crippen LogP contribution in [-0.2, 0) is 11.3 Å². The van der Waals surface area contributed by atoms with Gasteiger partial charge in [-0.3, -0.25) is 4.79 Å². The molecular weight excluding hydrogens is 256 g/mol. The summed E-state index contributed by atoms with van der Waals surface area (Å²) in [4.78, 5) is 12.6. The molecule has 0 bridgehead atoms. The van der Waals surface area contributed by atoms with Gasteiger partial charge in [0.25, 0.3) is 0 Å². The van der Waals surface area contributed by atoms with Crippen molar-refractivity contribution in [2.75, 3.05) is 6.54 Å². The first-order chi connectivity index (χ1) is 8.22. The molecule has 0 saturated carbocycles. The third-order valence-corrected chi connectivity index (χ3v) is 3.68. The first-order valence-corrected chi connectivity index (χ1v) is 7.13. The van der Waals surface area contributed by atoms with Crippen molar-refractivity contribution in [3.63, 3.8) is 0 Å². The van der Waals surface area contributed by atoms with E-state index in [4.69, 9.17) is 17.3 Å². The molecule has 5 heteroatoms. The Kier molecular flexibility index (Phi) is 7.24. The summed E-state index contributed by atoms with van der Waals surface area (Å²) < 4.78 is 0.760. The van der Waals surface area contributed by atoms with Gasteiger partial charge >= 0.3 is 0 Å². The van der Waals surface area contributed by atoms with E-state index in [-0.39, 0.29) is 5.91 Å². The SMILES string of the molecule is NCCCCCCC(=O)NCc1ccc(Cl)s1. The summed E-state index contributed by atoms with van der Waals surface area (Å²) in [6, 6.07) is 3.79. The summed E-state index contributed by atoms with van der Waals surface area (Å²) in [5, 5.41) is 2.89. The molecule has 1 aromatic heterocycles. The molecule has 17 heavy (non-hydrogen) atoms. The predicted molar refractivity (Wildman–Crippen MR) is 73.3 cm³/mol. The fraction of sp³-hybridized carbons (Fsp3) is 0.583. The molecule has 0 aliphatic heterocycles. The number of nitrogens with two attached hydrogens (primary N) is 1. The second-order valence-corrected chi connectivity index (χ2v) is 5.74. The topological polar surface area (TPSA) is 55.1 Å². The molecule has 0 unspecified atom stereocenters. The van der Waals surface area contributed by atoms with Gasteiger partial charge in [0.15, 0.2) is 0 Å². The molecule has 96 valence electrons. The van der Waals surface area contributed by atoms with E-state index in [1.807, 2.05) is 12.1 Å². The van der Waals surface area contributed by atoms with Crippen LogP contribution in [0.1, 0.15) is 37.0 Å². The molecule has 1 aromatic rings. The first kappa shape index (κ1) is 14.5. The number of thiophene rings is 1. The lowest BCUT2D eigenvalue weighted by Crippen LogP contribution is -2.21. The van der Waals surface area contributed by atoms with E-state index < -0.39 is 0 Å². The zero-order chi connectivity index (χ0) is 12.5. The summed E-state index contributed by atoms with van der Waals surface area (Å²) in [5.74, 6) is 0.113. The Morgan fingerprint density at radius 3 is 2.71 bits per heavy atom.